The van der Waals surface area contributed by atoms with Crippen molar-refractivity contribution in [3.05, 3.63) is 77.9 Å². The van der Waals surface area contributed by atoms with E-state index in [1.54, 1.807) is 11.3 Å². The smallest absolute Gasteiger partial charge is 0.151 e. The highest BCUT2D eigenvalue weighted by molar-refractivity contribution is 8.01. The Morgan fingerprint density at radius 2 is 1.70 bits per heavy atom. The zero-order valence-corrected chi connectivity index (χ0v) is 20.4. The lowest BCUT2D eigenvalue weighted by Crippen LogP contribution is -2.27. The second kappa shape index (κ2) is 9.70. The number of carbonyl (C=O) groups excluding carboxylic acids is 1. The molecular weight excluding hydrogens is 446 g/mol. The van der Waals surface area contributed by atoms with Crippen molar-refractivity contribution in [1.29, 1.82) is 0 Å². The molecule has 0 fully saturated rings. The fourth-order valence-electron chi connectivity index (χ4n) is 4.86. The Morgan fingerprint density at radius 1 is 0.970 bits per heavy atom. The molecule has 5 heteroatoms. The highest BCUT2D eigenvalue weighted by atomic mass is 32.2. The molecule has 3 nitrogen and oxygen atoms in total. The van der Waals surface area contributed by atoms with E-state index in [0.717, 1.165) is 58.2 Å². The van der Waals surface area contributed by atoms with Crippen molar-refractivity contribution in [1.82, 2.24) is 4.98 Å². The molecule has 0 bridgehead atoms. The zero-order valence-electron chi connectivity index (χ0n) is 18.8. The molecule has 4 aromatic rings. The van der Waals surface area contributed by atoms with Crippen molar-refractivity contribution in [2.75, 3.05) is 12.4 Å². The number of hydrogen-bond donors (Lipinski definition) is 0. The van der Waals surface area contributed by atoms with E-state index in [1.807, 2.05) is 30.8 Å². The van der Waals surface area contributed by atoms with Gasteiger partial charge in [-0.2, -0.15) is 0 Å². The van der Waals surface area contributed by atoms with Gasteiger partial charge < -0.3 is 9.53 Å². The van der Waals surface area contributed by atoms with Crippen LogP contribution in [0.2, 0.25) is 0 Å². The molecule has 33 heavy (non-hydrogen) atoms. The van der Waals surface area contributed by atoms with Gasteiger partial charge in [-0.1, -0.05) is 73.1 Å². The van der Waals surface area contributed by atoms with E-state index >= 15 is 0 Å². The first kappa shape index (κ1) is 22.2. The van der Waals surface area contributed by atoms with Gasteiger partial charge in [0, 0.05) is 5.75 Å². The molecule has 0 amide bonds. The van der Waals surface area contributed by atoms with Crippen LogP contribution in [0.3, 0.4) is 0 Å². The summed E-state index contributed by atoms with van der Waals surface area (Å²) in [6.45, 7) is 2.67. The van der Waals surface area contributed by atoms with Crippen LogP contribution in [-0.4, -0.2) is 23.6 Å². The second-order valence-electron chi connectivity index (χ2n) is 8.38. The fraction of sp³-hybridized carbons (Fsp3) is 0.286. The number of ether oxygens (including phenoxy) is 1. The van der Waals surface area contributed by atoms with Gasteiger partial charge >= 0.3 is 0 Å². The van der Waals surface area contributed by atoms with Crippen molar-refractivity contribution < 1.29 is 9.53 Å². The predicted octanol–water partition coefficient (Wildman–Crippen LogP) is 7.51. The molecule has 0 N–H and O–H groups in total. The average molecular weight is 474 g/mol. The van der Waals surface area contributed by atoms with E-state index < -0.39 is 5.41 Å². The number of aromatic nitrogens is 1. The van der Waals surface area contributed by atoms with E-state index in [2.05, 4.69) is 54.6 Å². The molecule has 0 aliphatic heterocycles. The average Bonchev–Trinajstić information content (AvgIpc) is 3.38. The number of rotatable bonds is 10. The molecule has 1 heterocycles. The summed E-state index contributed by atoms with van der Waals surface area (Å²) in [7, 11) is 0. The molecule has 1 aliphatic carbocycles. The van der Waals surface area contributed by atoms with E-state index in [0.29, 0.717) is 6.61 Å². The summed E-state index contributed by atoms with van der Waals surface area (Å²) in [5.41, 5.74) is 5.27. The molecule has 0 atom stereocenters. The number of thiazole rings is 1. The lowest BCUT2D eigenvalue weighted by Gasteiger charge is -2.25. The van der Waals surface area contributed by atoms with Crippen LogP contribution in [-0.2, 0) is 10.2 Å². The molecule has 5 rings (SSSR count). The van der Waals surface area contributed by atoms with Crippen molar-refractivity contribution in [3.63, 3.8) is 0 Å². The standard InChI is InChI=1S/C28H27NO2S2/c1-2-31-20-14-15-25-26(18-20)33-27(29-25)32-17-9-3-8-16-28(19-30)23-12-6-4-10-21(23)22-11-5-7-13-24(22)28/h4-7,10-15,18-19H,2-3,8-9,16-17H2,1H3. The summed E-state index contributed by atoms with van der Waals surface area (Å²) in [6.07, 6.45) is 5.29. The lowest BCUT2D eigenvalue weighted by atomic mass is 9.75. The Kier molecular flexibility index (Phi) is 6.52. The first-order chi connectivity index (χ1) is 16.2. The molecule has 0 saturated heterocycles. The molecule has 168 valence electrons. The highest BCUT2D eigenvalue weighted by Gasteiger charge is 2.42. The van der Waals surface area contributed by atoms with Crippen LogP contribution >= 0.6 is 23.1 Å². The second-order valence-corrected chi connectivity index (χ2v) is 10.8. The zero-order chi connectivity index (χ0) is 22.7. The summed E-state index contributed by atoms with van der Waals surface area (Å²) in [5.74, 6) is 1.95. The van der Waals surface area contributed by atoms with Crippen LogP contribution < -0.4 is 4.74 Å². The minimum Gasteiger partial charge on any atom is -0.494 e. The van der Waals surface area contributed by atoms with E-state index in [4.69, 9.17) is 9.72 Å². The summed E-state index contributed by atoms with van der Waals surface area (Å²) >= 11 is 3.56. The Balaban J connectivity index is 1.18. The Labute approximate surface area is 203 Å². The van der Waals surface area contributed by atoms with Gasteiger partial charge in [0.25, 0.3) is 0 Å². The summed E-state index contributed by atoms with van der Waals surface area (Å²) < 4.78 is 7.89. The molecule has 1 aromatic heterocycles. The van der Waals surface area contributed by atoms with Crippen LogP contribution in [0.1, 0.15) is 43.7 Å². The van der Waals surface area contributed by atoms with Gasteiger partial charge in [0.05, 0.1) is 22.2 Å². The lowest BCUT2D eigenvalue weighted by molar-refractivity contribution is -0.111. The Hall–Kier alpha value is -2.63. The van der Waals surface area contributed by atoms with Gasteiger partial charge in [-0.15, -0.1) is 11.3 Å². The summed E-state index contributed by atoms with van der Waals surface area (Å²) in [4.78, 5) is 17.2. The van der Waals surface area contributed by atoms with Gasteiger partial charge in [0.2, 0.25) is 0 Å². The monoisotopic (exact) mass is 473 g/mol. The number of aldehydes is 1. The van der Waals surface area contributed by atoms with Crippen LogP contribution in [0.5, 0.6) is 5.75 Å². The topological polar surface area (TPSA) is 39.2 Å². The van der Waals surface area contributed by atoms with E-state index in [9.17, 15) is 4.79 Å². The maximum atomic E-state index is 12.5. The molecule has 0 spiro atoms. The van der Waals surface area contributed by atoms with Crippen molar-refractivity contribution in [2.45, 2.75) is 42.4 Å². The molecule has 3 aromatic carbocycles. The molecular formula is C28H27NO2S2. The van der Waals surface area contributed by atoms with Crippen LogP contribution in [0.4, 0.5) is 0 Å². The first-order valence-corrected chi connectivity index (χ1v) is 13.4. The number of unbranched alkanes of at least 4 members (excludes halogenated alkanes) is 2. The molecule has 0 saturated carbocycles. The summed E-state index contributed by atoms with van der Waals surface area (Å²) in [6, 6.07) is 22.9. The number of hydrogen-bond acceptors (Lipinski definition) is 5. The van der Waals surface area contributed by atoms with Gasteiger partial charge in [0.1, 0.15) is 12.0 Å². The minimum absolute atomic E-state index is 0.508. The molecule has 0 unspecified atom stereocenters. The normalized spacial score (nSPS) is 13.6. The molecule has 1 aliphatic rings. The van der Waals surface area contributed by atoms with Crippen molar-refractivity contribution >= 4 is 39.6 Å². The maximum absolute atomic E-state index is 12.5. The van der Waals surface area contributed by atoms with E-state index in [-0.39, 0.29) is 0 Å². The van der Waals surface area contributed by atoms with Crippen molar-refractivity contribution in [2.24, 2.45) is 0 Å². The third kappa shape index (κ3) is 4.20. The first-order valence-electron chi connectivity index (χ1n) is 11.6. The Bertz CT molecular complexity index is 1230. The number of thioether (sulfide) groups is 1. The molecule has 0 radical (unpaired) electrons. The van der Waals surface area contributed by atoms with Gasteiger partial charge in [-0.05, 0) is 60.2 Å². The third-order valence-corrected chi connectivity index (χ3v) is 8.65. The predicted molar refractivity (Wildman–Crippen MR) is 139 cm³/mol. The minimum atomic E-state index is -0.508. The number of benzene rings is 3. The maximum Gasteiger partial charge on any atom is 0.151 e. The van der Waals surface area contributed by atoms with Gasteiger partial charge in [-0.25, -0.2) is 4.98 Å². The van der Waals surface area contributed by atoms with Gasteiger partial charge in [-0.3, -0.25) is 0 Å². The quantitative estimate of drug-likeness (QED) is 0.136. The fourth-order valence-corrected chi connectivity index (χ4v) is 7.02. The largest absolute Gasteiger partial charge is 0.494 e. The summed E-state index contributed by atoms with van der Waals surface area (Å²) in [5, 5.41) is 0. The number of fused-ring (bicyclic) bond motifs is 4. The van der Waals surface area contributed by atoms with Crippen molar-refractivity contribution in [3.8, 4) is 16.9 Å². The van der Waals surface area contributed by atoms with Gasteiger partial charge in [0.15, 0.2) is 4.34 Å². The number of nitrogens with zero attached hydrogens (tertiary/aromatic N) is 1. The van der Waals surface area contributed by atoms with Crippen LogP contribution in [0.15, 0.2) is 71.1 Å². The number of carbonyl (C=O) groups is 1. The Morgan fingerprint density at radius 3 is 2.39 bits per heavy atom. The van der Waals surface area contributed by atoms with E-state index in [1.165, 1.54) is 22.1 Å². The SMILES string of the molecule is CCOc1ccc2nc(SCCCCCC3(C=O)c4ccccc4-c4ccccc43)sc2c1. The highest BCUT2D eigenvalue weighted by Crippen LogP contribution is 2.50. The third-order valence-electron chi connectivity index (χ3n) is 6.40. The van der Waals surface area contributed by atoms with Crippen LogP contribution in [0.25, 0.3) is 21.3 Å². The van der Waals surface area contributed by atoms with Crippen LogP contribution in [0, 0.1) is 0 Å².